The van der Waals surface area contributed by atoms with Gasteiger partial charge in [0.05, 0.1) is 13.0 Å². The fourth-order valence-electron chi connectivity index (χ4n) is 4.59. The van der Waals surface area contributed by atoms with Crippen LogP contribution in [-0.4, -0.2) is 41.2 Å². The number of hydrogen-bond acceptors (Lipinski definition) is 4. The van der Waals surface area contributed by atoms with Crippen molar-refractivity contribution in [2.45, 2.75) is 46.1 Å². The lowest BCUT2D eigenvalue weighted by Gasteiger charge is -2.32. The van der Waals surface area contributed by atoms with Crippen LogP contribution in [0.3, 0.4) is 0 Å². The number of anilines is 1. The smallest absolute Gasteiger partial charge is 0.409 e. The minimum absolute atomic E-state index is 0.0186. The molecule has 7 heteroatoms. The van der Waals surface area contributed by atoms with Gasteiger partial charge in [-0.05, 0) is 62.9 Å². The van der Waals surface area contributed by atoms with Gasteiger partial charge in [0.2, 0.25) is 5.91 Å². The van der Waals surface area contributed by atoms with Crippen molar-refractivity contribution in [1.29, 1.82) is 0 Å². The summed E-state index contributed by atoms with van der Waals surface area (Å²) in [5.74, 6) is -0.114. The minimum Gasteiger partial charge on any atom is -0.450 e. The molecule has 7 nitrogen and oxygen atoms in total. The molecule has 0 radical (unpaired) electrons. The Kier molecular flexibility index (Phi) is 7.01. The number of pyridine rings is 1. The SMILES string of the molecule is CCOC(=O)N1CCC(n2ccc3c(NC(=O)Cc4cc(C)ccc4C)cccc3c2=O)CC1. The second-order valence-corrected chi connectivity index (χ2v) is 8.87. The number of aromatic nitrogens is 1. The van der Waals surface area contributed by atoms with Crippen LogP contribution in [0.4, 0.5) is 10.5 Å². The highest BCUT2D eigenvalue weighted by atomic mass is 16.6. The molecule has 4 rings (SSSR count). The summed E-state index contributed by atoms with van der Waals surface area (Å²) in [6.07, 6.45) is 3.16. The molecular weight excluding hydrogens is 430 g/mol. The maximum absolute atomic E-state index is 13.3. The Labute approximate surface area is 199 Å². The van der Waals surface area contributed by atoms with Gasteiger partial charge in [-0.25, -0.2) is 4.79 Å². The quantitative estimate of drug-likeness (QED) is 0.603. The van der Waals surface area contributed by atoms with Crippen LogP contribution in [0.2, 0.25) is 0 Å². The predicted molar refractivity (Wildman–Crippen MR) is 133 cm³/mol. The van der Waals surface area contributed by atoms with Crippen LogP contribution in [0.5, 0.6) is 0 Å². The molecule has 0 spiro atoms. The molecule has 1 N–H and O–H groups in total. The second kappa shape index (κ2) is 10.1. The largest absolute Gasteiger partial charge is 0.450 e. The highest BCUT2D eigenvalue weighted by molar-refractivity contribution is 6.02. The molecule has 34 heavy (non-hydrogen) atoms. The van der Waals surface area contributed by atoms with Crippen molar-refractivity contribution in [2.75, 3.05) is 25.0 Å². The number of ether oxygens (including phenoxy) is 1. The molecule has 1 aliphatic rings. The predicted octanol–water partition coefficient (Wildman–Crippen LogP) is 4.59. The van der Waals surface area contributed by atoms with E-state index >= 15 is 0 Å². The maximum Gasteiger partial charge on any atom is 0.409 e. The third-order valence-corrected chi connectivity index (χ3v) is 6.49. The Balaban J connectivity index is 1.52. The molecule has 3 aromatic rings. The van der Waals surface area contributed by atoms with E-state index in [1.165, 1.54) is 0 Å². The van der Waals surface area contributed by atoms with E-state index in [4.69, 9.17) is 4.74 Å². The Hall–Kier alpha value is -3.61. The number of likely N-dealkylation sites (tertiary alicyclic amines) is 1. The van der Waals surface area contributed by atoms with E-state index in [-0.39, 0.29) is 30.0 Å². The average molecular weight is 462 g/mol. The summed E-state index contributed by atoms with van der Waals surface area (Å²) in [5.41, 5.74) is 3.74. The molecule has 0 bridgehead atoms. The molecule has 2 heterocycles. The zero-order valence-electron chi connectivity index (χ0n) is 20.0. The standard InChI is InChI=1S/C27H31N3O4/c1-4-34-27(33)29-13-10-21(11-14-29)30-15-12-22-23(26(30)32)6-5-7-24(22)28-25(31)17-20-16-18(2)8-9-19(20)3/h5-9,12,15-16,21H,4,10-11,13-14,17H2,1-3H3,(H,28,31). The molecule has 0 atom stereocenters. The van der Waals surface area contributed by atoms with Crippen LogP contribution in [0, 0.1) is 13.8 Å². The number of carbonyl (C=O) groups is 2. The van der Waals surface area contributed by atoms with E-state index in [0.717, 1.165) is 22.1 Å². The first kappa shape index (κ1) is 23.5. The second-order valence-electron chi connectivity index (χ2n) is 8.87. The van der Waals surface area contributed by atoms with Gasteiger partial charge in [-0.15, -0.1) is 0 Å². The van der Waals surface area contributed by atoms with Crippen LogP contribution in [0.25, 0.3) is 10.8 Å². The lowest BCUT2D eigenvalue weighted by molar-refractivity contribution is -0.115. The van der Waals surface area contributed by atoms with E-state index in [9.17, 15) is 14.4 Å². The summed E-state index contributed by atoms with van der Waals surface area (Å²) in [6, 6.07) is 13.4. The summed E-state index contributed by atoms with van der Waals surface area (Å²) in [7, 11) is 0. The lowest BCUT2D eigenvalue weighted by atomic mass is 10.0. The molecule has 0 unspecified atom stereocenters. The summed E-state index contributed by atoms with van der Waals surface area (Å²) < 4.78 is 6.84. The number of aryl methyl sites for hydroxylation is 2. The van der Waals surface area contributed by atoms with Gasteiger partial charge < -0.3 is 19.5 Å². The molecule has 1 fully saturated rings. The fourth-order valence-corrected chi connectivity index (χ4v) is 4.59. The Bertz CT molecular complexity index is 1270. The van der Waals surface area contributed by atoms with E-state index < -0.39 is 0 Å². The molecule has 0 saturated carbocycles. The van der Waals surface area contributed by atoms with Crippen LogP contribution in [0.15, 0.2) is 53.5 Å². The number of rotatable bonds is 5. The molecule has 178 valence electrons. The van der Waals surface area contributed by atoms with Crippen molar-refractivity contribution in [2.24, 2.45) is 0 Å². The average Bonchev–Trinajstić information content (AvgIpc) is 2.82. The number of nitrogens with zero attached hydrogens (tertiary/aromatic N) is 2. The molecule has 1 saturated heterocycles. The van der Waals surface area contributed by atoms with Gasteiger partial charge in [-0.1, -0.05) is 29.8 Å². The maximum atomic E-state index is 13.3. The van der Waals surface area contributed by atoms with Crippen LogP contribution in [-0.2, 0) is 16.0 Å². The third kappa shape index (κ3) is 4.98. The van der Waals surface area contributed by atoms with E-state index in [1.54, 1.807) is 34.7 Å². The number of nitrogens with one attached hydrogen (secondary N) is 1. The monoisotopic (exact) mass is 461 g/mol. The van der Waals surface area contributed by atoms with Crippen molar-refractivity contribution in [3.05, 3.63) is 75.7 Å². The molecule has 2 amide bonds. The van der Waals surface area contributed by atoms with Gasteiger partial charge in [-0.3, -0.25) is 9.59 Å². The highest BCUT2D eigenvalue weighted by Crippen LogP contribution is 2.25. The van der Waals surface area contributed by atoms with Crippen molar-refractivity contribution in [1.82, 2.24) is 9.47 Å². The topological polar surface area (TPSA) is 80.6 Å². The number of fused-ring (bicyclic) bond motifs is 1. The van der Waals surface area contributed by atoms with Crippen molar-refractivity contribution in [3.63, 3.8) is 0 Å². The van der Waals surface area contributed by atoms with Crippen molar-refractivity contribution < 1.29 is 14.3 Å². The summed E-state index contributed by atoms with van der Waals surface area (Å²) in [4.78, 5) is 39.7. The van der Waals surface area contributed by atoms with Gasteiger partial charge in [0, 0.05) is 41.8 Å². The van der Waals surface area contributed by atoms with Gasteiger partial charge in [0.15, 0.2) is 0 Å². The van der Waals surface area contributed by atoms with Crippen LogP contribution < -0.4 is 10.9 Å². The number of benzene rings is 2. The van der Waals surface area contributed by atoms with Gasteiger partial charge in [0.25, 0.3) is 5.56 Å². The highest BCUT2D eigenvalue weighted by Gasteiger charge is 2.25. The van der Waals surface area contributed by atoms with E-state index in [0.29, 0.717) is 43.6 Å². The molecule has 0 aliphatic carbocycles. The van der Waals surface area contributed by atoms with Crippen molar-refractivity contribution >= 4 is 28.5 Å². The molecule has 1 aliphatic heterocycles. The summed E-state index contributed by atoms with van der Waals surface area (Å²) >= 11 is 0. The number of amides is 2. The minimum atomic E-state index is -0.298. The van der Waals surface area contributed by atoms with Gasteiger partial charge in [0.1, 0.15) is 0 Å². The fraction of sp³-hybridized carbons (Fsp3) is 0.370. The Morgan fingerprint density at radius 3 is 2.56 bits per heavy atom. The number of piperidine rings is 1. The van der Waals surface area contributed by atoms with Crippen LogP contribution >= 0.6 is 0 Å². The molecule has 1 aromatic heterocycles. The Morgan fingerprint density at radius 1 is 1.06 bits per heavy atom. The van der Waals surface area contributed by atoms with E-state index in [2.05, 4.69) is 5.32 Å². The summed E-state index contributed by atoms with van der Waals surface area (Å²) in [6.45, 7) is 7.27. The number of hydrogen-bond donors (Lipinski definition) is 1. The lowest BCUT2D eigenvalue weighted by Crippen LogP contribution is -2.41. The first-order chi connectivity index (χ1) is 16.4. The normalized spacial score (nSPS) is 14.3. The first-order valence-electron chi connectivity index (χ1n) is 11.8. The molecule has 2 aromatic carbocycles. The van der Waals surface area contributed by atoms with E-state index in [1.807, 2.05) is 44.2 Å². The zero-order chi connectivity index (χ0) is 24.2. The summed E-state index contributed by atoms with van der Waals surface area (Å²) in [5, 5.41) is 4.28. The molecular formula is C27H31N3O4. The first-order valence-corrected chi connectivity index (χ1v) is 11.8. The van der Waals surface area contributed by atoms with Crippen molar-refractivity contribution in [3.8, 4) is 0 Å². The Morgan fingerprint density at radius 2 is 1.82 bits per heavy atom. The van der Waals surface area contributed by atoms with Gasteiger partial charge >= 0.3 is 6.09 Å². The number of carbonyl (C=O) groups excluding carboxylic acids is 2. The van der Waals surface area contributed by atoms with Crippen LogP contribution in [0.1, 0.15) is 42.5 Å². The third-order valence-electron chi connectivity index (χ3n) is 6.49. The zero-order valence-corrected chi connectivity index (χ0v) is 20.0. The van der Waals surface area contributed by atoms with Gasteiger partial charge in [-0.2, -0.15) is 0 Å².